The number of aromatic nitrogens is 1. The van der Waals surface area contributed by atoms with Crippen molar-refractivity contribution in [3.05, 3.63) is 70.0 Å². The molecule has 1 heterocycles. The van der Waals surface area contributed by atoms with Gasteiger partial charge >= 0.3 is 0 Å². The lowest BCUT2D eigenvalue weighted by molar-refractivity contribution is -0.384. The highest BCUT2D eigenvalue weighted by molar-refractivity contribution is 5.36. The van der Waals surface area contributed by atoms with E-state index in [-0.39, 0.29) is 22.7 Å². The number of nitro benzene ring substituents is 1. The number of pyridine rings is 1. The summed E-state index contributed by atoms with van der Waals surface area (Å²) in [7, 11) is 0. The molecule has 1 aromatic heterocycles. The van der Waals surface area contributed by atoms with Crippen molar-refractivity contribution in [2.24, 2.45) is 0 Å². The zero-order chi connectivity index (χ0) is 15.2. The summed E-state index contributed by atoms with van der Waals surface area (Å²) in [5, 5.41) is 14.4. The van der Waals surface area contributed by atoms with Gasteiger partial charge in [-0.25, -0.2) is 0 Å². The van der Waals surface area contributed by atoms with Crippen molar-refractivity contribution in [2.45, 2.75) is 32.4 Å². The predicted octanol–water partition coefficient (Wildman–Crippen LogP) is 3.79. The SMILES string of the molecule is CCC(N[C@H](C)c1ccncc1)c1cccc([N+](=O)[O-])c1. The zero-order valence-electron chi connectivity index (χ0n) is 12.2. The minimum atomic E-state index is -0.359. The molecule has 0 aliphatic rings. The van der Waals surface area contributed by atoms with Crippen molar-refractivity contribution >= 4 is 5.69 Å². The molecule has 0 bridgehead atoms. The van der Waals surface area contributed by atoms with E-state index in [1.54, 1.807) is 24.5 Å². The Morgan fingerprint density at radius 3 is 2.57 bits per heavy atom. The topological polar surface area (TPSA) is 68.1 Å². The van der Waals surface area contributed by atoms with Crippen molar-refractivity contribution in [3.8, 4) is 0 Å². The molecule has 0 saturated heterocycles. The Bertz CT molecular complexity index is 601. The molecule has 0 aliphatic heterocycles. The number of nitrogens with one attached hydrogen (secondary N) is 1. The van der Waals surface area contributed by atoms with Crippen LogP contribution >= 0.6 is 0 Å². The molecular weight excluding hydrogens is 266 g/mol. The predicted molar refractivity (Wildman–Crippen MR) is 81.9 cm³/mol. The molecule has 2 atom stereocenters. The van der Waals surface area contributed by atoms with Crippen LogP contribution in [0.4, 0.5) is 5.69 Å². The van der Waals surface area contributed by atoms with Gasteiger partial charge in [-0.1, -0.05) is 19.1 Å². The van der Waals surface area contributed by atoms with Gasteiger partial charge in [0.05, 0.1) is 4.92 Å². The van der Waals surface area contributed by atoms with Gasteiger partial charge in [0.25, 0.3) is 5.69 Å². The molecule has 0 saturated carbocycles. The highest BCUT2D eigenvalue weighted by Gasteiger charge is 2.16. The smallest absolute Gasteiger partial charge is 0.269 e. The second kappa shape index (κ2) is 6.95. The van der Waals surface area contributed by atoms with Crippen molar-refractivity contribution in [3.63, 3.8) is 0 Å². The van der Waals surface area contributed by atoms with Gasteiger partial charge in [0.15, 0.2) is 0 Å². The third kappa shape index (κ3) is 3.86. The van der Waals surface area contributed by atoms with Gasteiger partial charge in [0.2, 0.25) is 0 Å². The first-order valence-corrected chi connectivity index (χ1v) is 7.02. The maximum Gasteiger partial charge on any atom is 0.269 e. The summed E-state index contributed by atoms with van der Waals surface area (Å²) in [4.78, 5) is 14.5. The van der Waals surface area contributed by atoms with E-state index in [0.29, 0.717) is 0 Å². The molecule has 0 spiro atoms. The third-order valence-electron chi connectivity index (χ3n) is 3.55. The molecule has 5 heteroatoms. The van der Waals surface area contributed by atoms with E-state index in [0.717, 1.165) is 17.5 Å². The maximum atomic E-state index is 10.9. The van der Waals surface area contributed by atoms with Crippen molar-refractivity contribution in [1.29, 1.82) is 0 Å². The second-order valence-electron chi connectivity index (χ2n) is 4.98. The number of rotatable bonds is 6. The normalized spacial score (nSPS) is 13.6. The summed E-state index contributed by atoms with van der Waals surface area (Å²) in [6, 6.07) is 11.0. The lowest BCUT2D eigenvalue weighted by atomic mass is 10.0. The van der Waals surface area contributed by atoms with Crippen LogP contribution in [0.1, 0.15) is 43.5 Å². The van der Waals surface area contributed by atoms with Gasteiger partial charge in [-0.05, 0) is 36.6 Å². The van der Waals surface area contributed by atoms with Crippen LogP contribution in [0.25, 0.3) is 0 Å². The molecule has 0 radical (unpaired) electrons. The molecule has 0 fully saturated rings. The van der Waals surface area contributed by atoms with E-state index in [1.165, 1.54) is 6.07 Å². The van der Waals surface area contributed by atoms with Gasteiger partial charge in [0.1, 0.15) is 0 Å². The Morgan fingerprint density at radius 2 is 1.95 bits per heavy atom. The molecule has 1 aromatic carbocycles. The zero-order valence-corrected chi connectivity index (χ0v) is 12.2. The molecule has 2 rings (SSSR count). The first-order valence-electron chi connectivity index (χ1n) is 7.02. The van der Waals surface area contributed by atoms with E-state index in [9.17, 15) is 10.1 Å². The molecule has 0 amide bonds. The summed E-state index contributed by atoms with van der Waals surface area (Å²) in [6.07, 6.45) is 4.39. The minimum absolute atomic E-state index is 0.0769. The number of nitrogens with zero attached hydrogens (tertiary/aromatic N) is 2. The van der Waals surface area contributed by atoms with Gasteiger partial charge in [-0.2, -0.15) is 0 Å². The fourth-order valence-electron chi connectivity index (χ4n) is 2.36. The fourth-order valence-corrected chi connectivity index (χ4v) is 2.36. The van der Waals surface area contributed by atoms with Crippen molar-refractivity contribution in [2.75, 3.05) is 0 Å². The number of benzene rings is 1. The first kappa shape index (κ1) is 15.1. The average molecular weight is 285 g/mol. The summed E-state index contributed by atoms with van der Waals surface area (Å²) >= 11 is 0. The van der Waals surface area contributed by atoms with Crippen LogP contribution < -0.4 is 5.32 Å². The highest BCUT2D eigenvalue weighted by Crippen LogP contribution is 2.24. The highest BCUT2D eigenvalue weighted by atomic mass is 16.6. The monoisotopic (exact) mass is 285 g/mol. The quantitative estimate of drug-likeness (QED) is 0.647. The van der Waals surface area contributed by atoms with Crippen molar-refractivity contribution < 1.29 is 4.92 Å². The fraction of sp³-hybridized carbons (Fsp3) is 0.312. The molecule has 0 aliphatic carbocycles. The summed E-state index contributed by atoms with van der Waals surface area (Å²) in [5.41, 5.74) is 2.21. The number of hydrogen-bond donors (Lipinski definition) is 1. The Balaban J connectivity index is 2.16. The van der Waals surface area contributed by atoms with Crippen LogP contribution in [0.15, 0.2) is 48.8 Å². The minimum Gasteiger partial charge on any atom is -0.303 e. The third-order valence-corrected chi connectivity index (χ3v) is 3.55. The Hall–Kier alpha value is -2.27. The van der Waals surface area contributed by atoms with Crippen LogP contribution in [0.2, 0.25) is 0 Å². The molecular formula is C16H19N3O2. The number of hydrogen-bond acceptors (Lipinski definition) is 4. The van der Waals surface area contributed by atoms with Gasteiger partial charge < -0.3 is 5.32 Å². The maximum absolute atomic E-state index is 10.9. The molecule has 110 valence electrons. The Labute approximate surface area is 124 Å². The van der Waals surface area contributed by atoms with E-state index in [1.807, 2.05) is 18.2 Å². The molecule has 5 nitrogen and oxygen atoms in total. The van der Waals surface area contributed by atoms with Gasteiger partial charge in [-0.15, -0.1) is 0 Å². The summed E-state index contributed by atoms with van der Waals surface area (Å²) in [6.45, 7) is 4.14. The van der Waals surface area contributed by atoms with E-state index >= 15 is 0 Å². The number of nitro groups is 1. The standard InChI is InChI=1S/C16H19N3O2/c1-3-16(14-5-4-6-15(11-14)19(20)21)18-12(2)13-7-9-17-10-8-13/h4-12,16,18H,3H2,1-2H3/t12-,16?/m1/s1. The van der Waals surface area contributed by atoms with Crippen LogP contribution in [0.5, 0.6) is 0 Å². The van der Waals surface area contributed by atoms with Gasteiger partial charge in [0, 0.05) is 36.6 Å². The van der Waals surface area contributed by atoms with Crippen molar-refractivity contribution in [1.82, 2.24) is 10.3 Å². The lowest BCUT2D eigenvalue weighted by Crippen LogP contribution is -2.24. The first-order chi connectivity index (χ1) is 10.1. The summed E-state index contributed by atoms with van der Waals surface area (Å²) < 4.78 is 0. The average Bonchev–Trinajstić information content (AvgIpc) is 2.53. The second-order valence-corrected chi connectivity index (χ2v) is 4.98. The molecule has 1 unspecified atom stereocenters. The van der Waals surface area contributed by atoms with E-state index < -0.39 is 0 Å². The number of non-ortho nitro benzene ring substituents is 1. The lowest BCUT2D eigenvalue weighted by Gasteiger charge is -2.23. The molecule has 1 N–H and O–H groups in total. The van der Waals surface area contributed by atoms with Gasteiger partial charge in [-0.3, -0.25) is 15.1 Å². The van der Waals surface area contributed by atoms with Crippen LogP contribution in [-0.4, -0.2) is 9.91 Å². The largest absolute Gasteiger partial charge is 0.303 e. The van der Waals surface area contributed by atoms with Crippen LogP contribution in [0, 0.1) is 10.1 Å². The van der Waals surface area contributed by atoms with E-state index in [4.69, 9.17) is 0 Å². The van der Waals surface area contributed by atoms with Crippen LogP contribution in [0.3, 0.4) is 0 Å². The summed E-state index contributed by atoms with van der Waals surface area (Å²) in [5.74, 6) is 0. The van der Waals surface area contributed by atoms with Crippen LogP contribution in [-0.2, 0) is 0 Å². The Morgan fingerprint density at radius 1 is 1.24 bits per heavy atom. The molecule has 2 aromatic rings. The Kier molecular flexibility index (Phi) is 5.00. The molecule has 21 heavy (non-hydrogen) atoms. The van der Waals surface area contributed by atoms with E-state index in [2.05, 4.69) is 24.1 Å².